The van der Waals surface area contributed by atoms with E-state index in [4.69, 9.17) is 10.8 Å². The number of aromatic nitrogens is 2. The number of nitrogens with zero attached hydrogens (tertiary/aromatic N) is 2. The normalized spacial score (nSPS) is 14.4. The molecule has 0 aromatic carbocycles. The van der Waals surface area contributed by atoms with Crippen LogP contribution in [0.2, 0.25) is 0 Å². The van der Waals surface area contributed by atoms with Crippen LogP contribution in [0.15, 0.2) is 15.9 Å². The minimum Gasteiger partial charge on any atom is -0.308 e. The zero-order valence-electron chi connectivity index (χ0n) is 11.1. The SMILES string of the molecule is NNc1nc(-c2ccc(Br)s2)nc2sc3c(c12)CCCC3. The Labute approximate surface area is 138 Å². The minimum absolute atomic E-state index is 0.741. The van der Waals surface area contributed by atoms with Gasteiger partial charge in [0, 0.05) is 4.88 Å². The fraction of sp³-hybridized carbons (Fsp3) is 0.286. The summed E-state index contributed by atoms with van der Waals surface area (Å²) in [5, 5.41) is 1.12. The highest BCUT2D eigenvalue weighted by Crippen LogP contribution is 2.40. The second-order valence-electron chi connectivity index (χ2n) is 5.03. The first-order valence-electron chi connectivity index (χ1n) is 6.81. The summed E-state index contributed by atoms with van der Waals surface area (Å²) < 4.78 is 1.08. The molecule has 0 saturated heterocycles. The van der Waals surface area contributed by atoms with E-state index in [0.29, 0.717) is 0 Å². The van der Waals surface area contributed by atoms with E-state index in [9.17, 15) is 0 Å². The molecule has 0 saturated carbocycles. The van der Waals surface area contributed by atoms with Crippen LogP contribution in [0, 0.1) is 0 Å². The molecule has 3 aromatic rings. The van der Waals surface area contributed by atoms with Crippen molar-refractivity contribution in [3.8, 4) is 10.7 Å². The van der Waals surface area contributed by atoms with E-state index < -0.39 is 0 Å². The maximum absolute atomic E-state index is 5.72. The highest BCUT2D eigenvalue weighted by Gasteiger charge is 2.21. The molecular formula is C14H13BrN4S2. The number of hydrogen-bond acceptors (Lipinski definition) is 6. The first-order valence-corrected chi connectivity index (χ1v) is 9.23. The van der Waals surface area contributed by atoms with E-state index >= 15 is 0 Å². The van der Waals surface area contributed by atoms with Crippen LogP contribution in [0.25, 0.3) is 20.9 Å². The Morgan fingerprint density at radius 2 is 2.00 bits per heavy atom. The number of nitrogen functional groups attached to an aromatic ring is 1. The highest BCUT2D eigenvalue weighted by molar-refractivity contribution is 9.11. The molecule has 7 heteroatoms. The lowest BCUT2D eigenvalue weighted by molar-refractivity contribution is 0.700. The number of rotatable bonds is 2. The second kappa shape index (κ2) is 5.31. The number of hydrazine groups is 1. The van der Waals surface area contributed by atoms with Crippen molar-refractivity contribution in [3.63, 3.8) is 0 Å². The molecule has 1 aliphatic rings. The third kappa shape index (κ3) is 2.28. The van der Waals surface area contributed by atoms with Gasteiger partial charge in [-0.25, -0.2) is 15.8 Å². The lowest BCUT2D eigenvalue weighted by Crippen LogP contribution is -2.10. The van der Waals surface area contributed by atoms with Gasteiger partial charge in [-0.3, -0.25) is 0 Å². The van der Waals surface area contributed by atoms with Gasteiger partial charge in [-0.05, 0) is 59.3 Å². The van der Waals surface area contributed by atoms with Crippen LogP contribution in [-0.4, -0.2) is 9.97 Å². The minimum atomic E-state index is 0.741. The maximum atomic E-state index is 5.72. The summed E-state index contributed by atoms with van der Waals surface area (Å²) in [5.41, 5.74) is 4.17. The van der Waals surface area contributed by atoms with Crippen molar-refractivity contribution in [2.75, 3.05) is 5.43 Å². The van der Waals surface area contributed by atoms with Crippen LogP contribution < -0.4 is 11.3 Å². The fourth-order valence-electron chi connectivity index (χ4n) is 2.81. The molecule has 0 spiro atoms. The highest BCUT2D eigenvalue weighted by atomic mass is 79.9. The van der Waals surface area contributed by atoms with Crippen molar-refractivity contribution in [1.82, 2.24) is 9.97 Å². The number of halogens is 1. The van der Waals surface area contributed by atoms with Crippen LogP contribution >= 0.6 is 38.6 Å². The fourth-order valence-corrected chi connectivity index (χ4v) is 5.39. The van der Waals surface area contributed by atoms with Gasteiger partial charge in [0.15, 0.2) is 11.6 Å². The van der Waals surface area contributed by atoms with Gasteiger partial charge in [-0.1, -0.05) is 0 Å². The molecular weight excluding hydrogens is 368 g/mol. The molecule has 108 valence electrons. The van der Waals surface area contributed by atoms with Crippen LogP contribution in [-0.2, 0) is 12.8 Å². The average Bonchev–Trinajstić information content (AvgIpc) is 3.09. The number of hydrogen-bond donors (Lipinski definition) is 2. The lowest BCUT2D eigenvalue weighted by Gasteiger charge is -2.11. The third-order valence-corrected chi connectivity index (χ3v) is 6.55. The average molecular weight is 381 g/mol. The molecule has 4 nitrogen and oxygen atoms in total. The van der Waals surface area contributed by atoms with Gasteiger partial charge in [0.1, 0.15) is 4.83 Å². The topological polar surface area (TPSA) is 63.8 Å². The van der Waals surface area contributed by atoms with Gasteiger partial charge in [-0.2, -0.15) is 0 Å². The van der Waals surface area contributed by atoms with E-state index in [0.717, 1.165) is 43.4 Å². The Balaban J connectivity index is 1.96. The number of anilines is 1. The third-order valence-electron chi connectivity index (χ3n) is 3.74. The molecule has 0 fully saturated rings. The van der Waals surface area contributed by atoms with Crippen molar-refractivity contribution in [1.29, 1.82) is 0 Å². The molecule has 21 heavy (non-hydrogen) atoms. The number of nitrogens with two attached hydrogens (primary N) is 1. The second-order valence-corrected chi connectivity index (χ2v) is 8.58. The van der Waals surface area contributed by atoms with Gasteiger partial charge in [-0.15, -0.1) is 22.7 Å². The number of aryl methyl sites for hydroxylation is 2. The summed E-state index contributed by atoms with van der Waals surface area (Å²) in [6.45, 7) is 0. The van der Waals surface area contributed by atoms with Crippen LogP contribution in [0.1, 0.15) is 23.3 Å². The van der Waals surface area contributed by atoms with Crippen LogP contribution in [0.3, 0.4) is 0 Å². The standard InChI is InChI=1S/C14H13BrN4S2/c15-10-6-5-9(20-10)12-17-13(19-16)11-7-3-1-2-4-8(7)21-14(11)18-12/h5-6H,1-4,16H2,(H,17,18,19). The van der Waals surface area contributed by atoms with Gasteiger partial charge in [0.25, 0.3) is 0 Å². The largest absolute Gasteiger partial charge is 0.308 e. The first-order chi connectivity index (χ1) is 10.3. The van der Waals surface area contributed by atoms with Gasteiger partial charge in [0.2, 0.25) is 0 Å². The molecule has 0 bridgehead atoms. The molecule has 0 radical (unpaired) electrons. The molecule has 0 amide bonds. The van der Waals surface area contributed by atoms with Gasteiger partial charge in [0.05, 0.1) is 14.0 Å². The Bertz CT molecular complexity index is 824. The van der Waals surface area contributed by atoms with E-state index in [-0.39, 0.29) is 0 Å². The summed E-state index contributed by atoms with van der Waals surface area (Å²) in [6, 6.07) is 4.05. The smallest absolute Gasteiger partial charge is 0.173 e. The van der Waals surface area contributed by atoms with E-state index in [1.807, 2.05) is 12.1 Å². The molecule has 1 aliphatic carbocycles. The van der Waals surface area contributed by atoms with Gasteiger partial charge >= 0.3 is 0 Å². The van der Waals surface area contributed by atoms with E-state index in [2.05, 4.69) is 26.3 Å². The number of thiophene rings is 2. The maximum Gasteiger partial charge on any atom is 0.173 e. The molecule has 3 N–H and O–H groups in total. The van der Waals surface area contributed by atoms with Crippen LogP contribution in [0.4, 0.5) is 5.82 Å². The van der Waals surface area contributed by atoms with Crippen molar-refractivity contribution >= 4 is 54.6 Å². The Morgan fingerprint density at radius 3 is 2.76 bits per heavy atom. The summed E-state index contributed by atoms with van der Waals surface area (Å²) in [5.74, 6) is 7.21. The zero-order chi connectivity index (χ0) is 14.4. The molecule has 0 atom stereocenters. The molecule has 4 rings (SSSR count). The Kier molecular flexibility index (Phi) is 3.45. The first kappa shape index (κ1) is 13.6. The summed E-state index contributed by atoms with van der Waals surface area (Å²) in [4.78, 5) is 13.0. The van der Waals surface area contributed by atoms with Crippen molar-refractivity contribution in [2.24, 2.45) is 5.84 Å². The molecule has 0 unspecified atom stereocenters. The van der Waals surface area contributed by atoms with E-state index in [1.54, 1.807) is 22.7 Å². The summed E-state index contributed by atoms with van der Waals surface area (Å²) in [7, 11) is 0. The predicted octanol–water partition coefficient (Wildman–Crippen LogP) is 4.35. The number of nitrogens with one attached hydrogen (secondary N) is 1. The monoisotopic (exact) mass is 380 g/mol. The zero-order valence-corrected chi connectivity index (χ0v) is 14.4. The summed E-state index contributed by atoms with van der Waals surface area (Å²) in [6.07, 6.45) is 4.77. The number of fused-ring (bicyclic) bond motifs is 3. The quantitative estimate of drug-likeness (QED) is 0.512. The van der Waals surface area contributed by atoms with Crippen molar-refractivity contribution in [3.05, 3.63) is 26.4 Å². The van der Waals surface area contributed by atoms with E-state index in [1.165, 1.54) is 23.3 Å². The van der Waals surface area contributed by atoms with Crippen molar-refractivity contribution < 1.29 is 0 Å². The lowest BCUT2D eigenvalue weighted by atomic mass is 9.97. The summed E-state index contributed by atoms with van der Waals surface area (Å²) >= 11 is 6.91. The molecule has 3 heterocycles. The Morgan fingerprint density at radius 1 is 1.14 bits per heavy atom. The van der Waals surface area contributed by atoms with Crippen molar-refractivity contribution in [2.45, 2.75) is 25.7 Å². The molecule has 0 aliphatic heterocycles. The van der Waals surface area contributed by atoms with Crippen LogP contribution in [0.5, 0.6) is 0 Å². The Hall–Kier alpha value is -1.02. The van der Waals surface area contributed by atoms with Gasteiger partial charge < -0.3 is 5.43 Å². The molecule has 3 aromatic heterocycles. The predicted molar refractivity (Wildman–Crippen MR) is 92.9 cm³/mol.